The van der Waals surface area contributed by atoms with Crippen LogP contribution in [-0.2, 0) is 9.53 Å². The summed E-state index contributed by atoms with van der Waals surface area (Å²) in [5.74, 6) is 2.26. The van der Waals surface area contributed by atoms with Crippen LogP contribution in [0.15, 0.2) is 0 Å². The van der Waals surface area contributed by atoms with E-state index in [2.05, 4.69) is 40.4 Å². The van der Waals surface area contributed by atoms with E-state index < -0.39 is 0 Å². The molecule has 5 rings (SSSR count). The minimum Gasteiger partial charge on any atom is -0.374 e. The third-order valence-corrected chi connectivity index (χ3v) is 9.97. The zero-order valence-corrected chi connectivity index (χ0v) is 22.2. The Bertz CT molecular complexity index is 680. The van der Waals surface area contributed by atoms with Gasteiger partial charge in [-0.25, -0.2) is 0 Å². The number of carbonyl (C=O) groups excluding carboxylic acids is 1. The molecule has 3 saturated heterocycles. The lowest BCUT2D eigenvalue weighted by Crippen LogP contribution is -2.66. The van der Waals surface area contributed by atoms with Crippen molar-refractivity contribution >= 4 is 5.91 Å². The smallest absolute Gasteiger partial charge is 0.226 e. The van der Waals surface area contributed by atoms with Crippen molar-refractivity contribution in [1.29, 1.82) is 0 Å². The molecule has 9 unspecified atom stereocenters. The molecule has 0 aromatic rings. The minimum absolute atomic E-state index is 0.0132. The van der Waals surface area contributed by atoms with Crippen LogP contribution in [0.3, 0.4) is 0 Å². The van der Waals surface area contributed by atoms with Gasteiger partial charge in [0, 0.05) is 18.1 Å². The standard InChI is InChI=1S/C28H51N5O2/c1-18-10-11-22(31-27(34)23-16-26(35-19(23)2)20-7-4-3-5-8-20)15-25(18)33-28-30-14-12-24(32-28)21-9-6-13-29-17-21/h18-26,28-30,32-33H,3-17H2,1-2H3,(H,31,34). The second kappa shape index (κ2) is 12.2. The van der Waals surface area contributed by atoms with Gasteiger partial charge in [0.15, 0.2) is 0 Å². The molecule has 1 amide bonds. The maximum absolute atomic E-state index is 13.3. The topological polar surface area (TPSA) is 86.5 Å². The summed E-state index contributed by atoms with van der Waals surface area (Å²) in [6, 6.07) is 1.26. The van der Waals surface area contributed by atoms with E-state index in [1.807, 2.05) is 0 Å². The molecule has 7 nitrogen and oxygen atoms in total. The van der Waals surface area contributed by atoms with Crippen LogP contribution in [0, 0.1) is 23.7 Å². The molecule has 5 aliphatic rings. The number of nitrogens with one attached hydrogen (secondary N) is 5. The summed E-state index contributed by atoms with van der Waals surface area (Å²) in [6.07, 6.45) is 15.1. The predicted molar refractivity (Wildman–Crippen MR) is 140 cm³/mol. The lowest BCUT2D eigenvalue weighted by Gasteiger charge is -2.42. The molecule has 0 aromatic carbocycles. The van der Waals surface area contributed by atoms with Crippen LogP contribution in [-0.4, -0.2) is 62.2 Å². The summed E-state index contributed by atoms with van der Waals surface area (Å²) in [6.45, 7) is 7.85. The highest BCUT2D eigenvalue weighted by Crippen LogP contribution is 2.37. The summed E-state index contributed by atoms with van der Waals surface area (Å²) >= 11 is 0. The third kappa shape index (κ3) is 6.59. The van der Waals surface area contributed by atoms with Crippen LogP contribution >= 0.6 is 0 Å². The first kappa shape index (κ1) is 25.9. The molecule has 0 bridgehead atoms. The molecule has 5 fully saturated rings. The molecule has 9 atom stereocenters. The van der Waals surface area contributed by atoms with E-state index in [0.717, 1.165) is 44.7 Å². The van der Waals surface area contributed by atoms with Crippen LogP contribution in [0.2, 0.25) is 0 Å². The van der Waals surface area contributed by atoms with Gasteiger partial charge in [-0.05, 0) is 102 Å². The number of amides is 1. The summed E-state index contributed by atoms with van der Waals surface area (Å²) in [4.78, 5) is 13.3. The second-order valence-electron chi connectivity index (χ2n) is 12.4. The fourth-order valence-corrected chi connectivity index (χ4v) is 7.65. The minimum atomic E-state index is 0.0132. The van der Waals surface area contributed by atoms with Crippen molar-refractivity contribution in [2.24, 2.45) is 23.7 Å². The first-order valence-electron chi connectivity index (χ1n) is 15.0. The molecular formula is C28H51N5O2. The first-order valence-corrected chi connectivity index (χ1v) is 15.0. The van der Waals surface area contributed by atoms with Gasteiger partial charge in [0.05, 0.1) is 18.1 Å². The van der Waals surface area contributed by atoms with Crippen molar-refractivity contribution in [1.82, 2.24) is 26.6 Å². The molecular weight excluding hydrogens is 438 g/mol. The Morgan fingerprint density at radius 2 is 1.71 bits per heavy atom. The average molecular weight is 490 g/mol. The summed E-state index contributed by atoms with van der Waals surface area (Å²) < 4.78 is 6.33. The van der Waals surface area contributed by atoms with Crippen molar-refractivity contribution in [3.05, 3.63) is 0 Å². The van der Waals surface area contributed by atoms with Crippen molar-refractivity contribution in [2.75, 3.05) is 19.6 Å². The number of hydrogen-bond acceptors (Lipinski definition) is 6. The number of piperidine rings is 1. The Balaban J connectivity index is 1.10. The molecule has 5 N–H and O–H groups in total. The lowest BCUT2D eigenvalue weighted by atomic mass is 9.81. The normalized spacial score (nSPS) is 43.7. The highest BCUT2D eigenvalue weighted by Gasteiger charge is 2.42. The van der Waals surface area contributed by atoms with Gasteiger partial charge in [-0.3, -0.25) is 20.7 Å². The SMILES string of the molecule is CC1CCC(NC(=O)C2CC(C3CCCCC3)OC2C)CC1NC1NCCC(C2CCCNC2)N1. The van der Waals surface area contributed by atoms with Crippen molar-refractivity contribution in [3.63, 3.8) is 0 Å². The monoisotopic (exact) mass is 489 g/mol. The van der Waals surface area contributed by atoms with Crippen LogP contribution in [0.1, 0.15) is 90.9 Å². The van der Waals surface area contributed by atoms with E-state index >= 15 is 0 Å². The fourth-order valence-electron chi connectivity index (χ4n) is 7.65. The summed E-state index contributed by atoms with van der Waals surface area (Å²) in [5.41, 5.74) is 0. The summed E-state index contributed by atoms with van der Waals surface area (Å²) in [7, 11) is 0. The van der Waals surface area contributed by atoms with Gasteiger partial charge < -0.3 is 15.4 Å². The molecule has 35 heavy (non-hydrogen) atoms. The van der Waals surface area contributed by atoms with Gasteiger partial charge >= 0.3 is 0 Å². The molecule has 3 heterocycles. The second-order valence-corrected chi connectivity index (χ2v) is 12.4. The number of ether oxygens (including phenoxy) is 1. The fraction of sp³-hybridized carbons (Fsp3) is 0.964. The zero-order chi connectivity index (χ0) is 24.2. The van der Waals surface area contributed by atoms with E-state index in [1.165, 1.54) is 57.9 Å². The molecule has 7 heteroatoms. The summed E-state index contributed by atoms with van der Waals surface area (Å²) in [5, 5.41) is 18.4. The van der Waals surface area contributed by atoms with Gasteiger partial charge in [0.25, 0.3) is 0 Å². The van der Waals surface area contributed by atoms with Crippen molar-refractivity contribution < 1.29 is 9.53 Å². The van der Waals surface area contributed by atoms with Crippen LogP contribution < -0.4 is 26.6 Å². The first-order chi connectivity index (χ1) is 17.1. The quantitative estimate of drug-likeness (QED) is 0.395. The van der Waals surface area contributed by atoms with Gasteiger partial charge in [-0.1, -0.05) is 26.2 Å². The molecule has 0 spiro atoms. The molecule has 0 aromatic heterocycles. The van der Waals surface area contributed by atoms with Gasteiger partial charge in [0.2, 0.25) is 5.91 Å². The molecule has 3 aliphatic heterocycles. The largest absolute Gasteiger partial charge is 0.374 e. The van der Waals surface area contributed by atoms with E-state index in [1.54, 1.807) is 0 Å². The highest BCUT2D eigenvalue weighted by atomic mass is 16.5. The van der Waals surface area contributed by atoms with Crippen LogP contribution in [0.5, 0.6) is 0 Å². The van der Waals surface area contributed by atoms with E-state index in [9.17, 15) is 4.79 Å². The highest BCUT2D eigenvalue weighted by molar-refractivity contribution is 5.79. The van der Waals surface area contributed by atoms with E-state index in [4.69, 9.17) is 4.74 Å². The molecule has 200 valence electrons. The van der Waals surface area contributed by atoms with E-state index in [-0.39, 0.29) is 36.4 Å². The van der Waals surface area contributed by atoms with Crippen molar-refractivity contribution in [3.8, 4) is 0 Å². The molecule has 0 radical (unpaired) electrons. The third-order valence-electron chi connectivity index (χ3n) is 9.97. The Kier molecular flexibility index (Phi) is 9.03. The molecule has 2 aliphatic carbocycles. The van der Waals surface area contributed by atoms with Gasteiger partial charge in [-0.15, -0.1) is 0 Å². The Hall–Kier alpha value is -0.730. The number of carbonyl (C=O) groups is 1. The predicted octanol–water partition coefficient (Wildman–Crippen LogP) is 2.86. The zero-order valence-electron chi connectivity index (χ0n) is 22.2. The number of rotatable bonds is 6. The maximum Gasteiger partial charge on any atom is 0.226 e. The Morgan fingerprint density at radius 3 is 2.51 bits per heavy atom. The van der Waals surface area contributed by atoms with Crippen molar-refractivity contribution in [2.45, 2.75) is 128 Å². The van der Waals surface area contributed by atoms with Gasteiger partial charge in [0.1, 0.15) is 6.29 Å². The average Bonchev–Trinajstić information content (AvgIpc) is 3.29. The van der Waals surface area contributed by atoms with Crippen LogP contribution in [0.25, 0.3) is 0 Å². The van der Waals surface area contributed by atoms with E-state index in [0.29, 0.717) is 23.9 Å². The number of hydrogen-bond donors (Lipinski definition) is 5. The Labute approximate surface area is 213 Å². The Morgan fingerprint density at radius 1 is 0.886 bits per heavy atom. The molecule has 2 saturated carbocycles. The van der Waals surface area contributed by atoms with Gasteiger partial charge in [-0.2, -0.15) is 0 Å². The maximum atomic E-state index is 13.3. The van der Waals surface area contributed by atoms with Crippen LogP contribution in [0.4, 0.5) is 0 Å². The lowest BCUT2D eigenvalue weighted by molar-refractivity contribution is -0.127.